The molecule has 0 spiro atoms. The number of fused-ring (bicyclic) bond motifs is 1. The highest BCUT2D eigenvalue weighted by Gasteiger charge is 2.15. The zero-order chi connectivity index (χ0) is 11.7. The van der Waals surface area contributed by atoms with Gasteiger partial charge in [-0.2, -0.15) is 0 Å². The van der Waals surface area contributed by atoms with Crippen molar-refractivity contribution in [2.45, 2.75) is 31.7 Å². The van der Waals surface area contributed by atoms with Crippen molar-refractivity contribution in [3.8, 4) is 0 Å². The summed E-state index contributed by atoms with van der Waals surface area (Å²) >= 11 is 6.17. The Hall–Kier alpha value is -0.990. The first-order chi connectivity index (χ1) is 8.34. The Morgan fingerprint density at radius 3 is 3.06 bits per heavy atom. The van der Waals surface area contributed by atoms with Gasteiger partial charge in [0.05, 0.1) is 10.5 Å². The number of rotatable bonds is 2. The first-order valence-corrected chi connectivity index (χ1v) is 6.70. The number of hydrogen-bond acceptors (Lipinski definition) is 1. The minimum absolute atomic E-state index is 0.627. The van der Waals surface area contributed by atoms with Crippen LogP contribution in [-0.2, 0) is 6.42 Å². The molecule has 2 aromatic rings. The molecule has 1 aromatic heterocycles. The summed E-state index contributed by atoms with van der Waals surface area (Å²) in [6, 6.07) is 6.73. The number of nitrogens with one attached hydrogen (secondary N) is 2. The number of piperidine rings is 1. The van der Waals surface area contributed by atoms with Gasteiger partial charge in [0.15, 0.2) is 0 Å². The maximum atomic E-state index is 6.17. The number of para-hydroxylation sites is 1. The molecule has 1 aliphatic rings. The van der Waals surface area contributed by atoms with Gasteiger partial charge in [0, 0.05) is 17.6 Å². The molecule has 0 saturated carbocycles. The fourth-order valence-electron chi connectivity index (χ4n) is 2.71. The average molecular weight is 249 g/mol. The maximum Gasteiger partial charge on any atom is 0.0647 e. The summed E-state index contributed by atoms with van der Waals surface area (Å²) < 4.78 is 0. The van der Waals surface area contributed by atoms with Crippen LogP contribution in [0.4, 0.5) is 0 Å². The second-order valence-electron chi connectivity index (χ2n) is 4.83. The van der Waals surface area contributed by atoms with Gasteiger partial charge in [-0.1, -0.05) is 30.2 Å². The highest BCUT2D eigenvalue weighted by molar-refractivity contribution is 6.35. The van der Waals surface area contributed by atoms with Gasteiger partial charge in [0.25, 0.3) is 0 Å². The van der Waals surface area contributed by atoms with Crippen LogP contribution >= 0.6 is 11.6 Å². The number of benzene rings is 1. The van der Waals surface area contributed by atoms with Crippen LogP contribution in [0.15, 0.2) is 24.4 Å². The first-order valence-electron chi connectivity index (χ1n) is 6.32. The van der Waals surface area contributed by atoms with Gasteiger partial charge in [-0.15, -0.1) is 0 Å². The van der Waals surface area contributed by atoms with Crippen LogP contribution in [-0.4, -0.2) is 17.6 Å². The van der Waals surface area contributed by atoms with Gasteiger partial charge in [-0.05, 0) is 37.4 Å². The van der Waals surface area contributed by atoms with Crippen LogP contribution in [0.1, 0.15) is 24.8 Å². The summed E-state index contributed by atoms with van der Waals surface area (Å²) in [4.78, 5) is 3.29. The molecule has 0 bridgehead atoms. The minimum atomic E-state index is 0.627. The van der Waals surface area contributed by atoms with E-state index in [9.17, 15) is 0 Å². The molecule has 1 saturated heterocycles. The van der Waals surface area contributed by atoms with E-state index < -0.39 is 0 Å². The van der Waals surface area contributed by atoms with Crippen molar-refractivity contribution < 1.29 is 0 Å². The minimum Gasteiger partial charge on any atom is -0.360 e. The normalized spacial score (nSPS) is 20.9. The molecule has 2 heterocycles. The predicted molar refractivity (Wildman–Crippen MR) is 72.7 cm³/mol. The van der Waals surface area contributed by atoms with Crippen LogP contribution in [0.3, 0.4) is 0 Å². The monoisotopic (exact) mass is 248 g/mol. The van der Waals surface area contributed by atoms with Gasteiger partial charge in [0.1, 0.15) is 0 Å². The molecule has 0 radical (unpaired) electrons. The summed E-state index contributed by atoms with van der Waals surface area (Å²) in [6.45, 7) is 1.16. The van der Waals surface area contributed by atoms with Crippen molar-refractivity contribution in [3.63, 3.8) is 0 Å². The molecule has 2 nitrogen and oxygen atoms in total. The second kappa shape index (κ2) is 4.71. The molecule has 2 N–H and O–H groups in total. The van der Waals surface area contributed by atoms with Gasteiger partial charge in [0.2, 0.25) is 0 Å². The van der Waals surface area contributed by atoms with Crippen LogP contribution < -0.4 is 5.32 Å². The molecule has 3 rings (SSSR count). The third-order valence-corrected chi connectivity index (χ3v) is 3.94. The lowest BCUT2D eigenvalue weighted by molar-refractivity contribution is 0.400. The Morgan fingerprint density at radius 2 is 2.24 bits per heavy atom. The molecule has 0 aliphatic carbocycles. The molecule has 3 heteroatoms. The maximum absolute atomic E-state index is 6.17. The second-order valence-corrected chi connectivity index (χ2v) is 5.23. The zero-order valence-corrected chi connectivity index (χ0v) is 10.6. The molecule has 1 aliphatic heterocycles. The molecular weight excluding hydrogens is 232 g/mol. The van der Waals surface area contributed by atoms with Gasteiger partial charge in [-0.25, -0.2) is 0 Å². The van der Waals surface area contributed by atoms with E-state index in [4.69, 9.17) is 11.6 Å². The van der Waals surface area contributed by atoms with Crippen molar-refractivity contribution in [1.82, 2.24) is 10.3 Å². The summed E-state index contributed by atoms with van der Waals surface area (Å²) in [5.41, 5.74) is 2.45. The number of halogens is 1. The fourth-order valence-corrected chi connectivity index (χ4v) is 2.94. The van der Waals surface area contributed by atoms with Gasteiger partial charge in [-0.3, -0.25) is 0 Å². The summed E-state index contributed by atoms with van der Waals surface area (Å²) in [5.74, 6) is 0. The first kappa shape index (κ1) is 11.1. The van der Waals surface area contributed by atoms with Crippen molar-refractivity contribution in [2.24, 2.45) is 0 Å². The van der Waals surface area contributed by atoms with Gasteiger partial charge < -0.3 is 10.3 Å². The van der Waals surface area contributed by atoms with Crippen molar-refractivity contribution in [2.75, 3.05) is 6.54 Å². The molecule has 0 amide bonds. The zero-order valence-electron chi connectivity index (χ0n) is 9.80. The lowest BCUT2D eigenvalue weighted by Gasteiger charge is -2.23. The summed E-state index contributed by atoms with van der Waals surface area (Å²) in [6.07, 6.45) is 7.15. The molecule has 1 aromatic carbocycles. The Balaban J connectivity index is 1.87. The van der Waals surface area contributed by atoms with E-state index in [1.54, 1.807) is 0 Å². The van der Waals surface area contributed by atoms with E-state index in [0.717, 1.165) is 23.5 Å². The lowest BCUT2D eigenvalue weighted by Crippen LogP contribution is -2.35. The lowest BCUT2D eigenvalue weighted by atomic mass is 9.97. The number of H-pyrrole nitrogens is 1. The van der Waals surface area contributed by atoms with E-state index in [1.165, 1.54) is 30.2 Å². The van der Waals surface area contributed by atoms with E-state index in [0.29, 0.717) is 6.04 Å². The van der Waals surface area contributed by atoms with E-state index >= 15 is 0 Å². The topological polar surface area (TPSA) is 27.8 Å². The van der Waals surface area contributed by atoms with Crippen molar-refractivity contribution in [1.29, 1.82) is 0 Å². The molecular formula is C14H17ClN2. The largest absolute Gasteiger partial charge is 0.360 e. The highest BCUT2D eigenvalue weighted by Crippen LogP contribution is 2.26. The average Bonchev–Trinajstić information content (AvgIpc) is 2.76. The Bertz CT molecular complexity index is 512. The van der Waals surface area contributed by atoms with Crippen molar-refractivity contribution in [3.05, 3.63) is 35.0 Å². The standard InChI is InChI=1S/C14H17ClN2/c15-13-6-3-5-12-10(9-17-14(12)13)8-11-4-1-2-7-16-11/h3,5-6,9,11,16-17H,1-2,4,7-8H2. The highest BCUT2D eigenvalue weighted by atomic mass is 35.5. The SMILES string of the molecule is Clc1cccc2c(CC3CCCCN3)c[nH]c12. The molecule has 17 heavy (non-hydrogen) atoms. The Labute approximate surface area is 106 Å². The quantitative estimate of drug-likeness (QED) is 0.837. The molecule has 90 valence electrons. The fraction of sp³-hybridized carbons (Fsp3) is 0.429. The third-order valence-electron chi connectivity index (χ3n) is 3.63. The summed E-state index contributed by atoms with van der Waals surface area (Å²) in [7, 11) is 0. The third kappa shape index (κ3) is 2.20. The smallest absolute Gasteiger partial charge is 0.0647 e. The molecule has 1 fully saturated rings. The van der Waals surface area contributed by atoms with E-state index in [1.807, 2.05) is 12.1 Å². The number of aromatic amines is 1. The van der Waals surface area contributed by atoms with Gasteiger partial charge >= 0.3 is 0 Å². The number of aromatic nitrogens is 1. The van der Waals surface area contributed by atoms with Crippen LogP contribution in [0.2, 0.25) is 5.02 Å². The van der Waals surface area contributed by atoms with Crippen LogP contribution in [0, 0.1) is 0 Å². The van der Waals surface area contributed by atoms with Crippen molar-refractivity contribution >= 4 is 22.5 Å². The molecule has 1 atom stereocenters. The molecule has 1 unspecified atom stereocenters. The summed E-state index contributed by atoms with van der Waals surface area (Å²) in [5, 5.41) is 5.67. The van der Waals surface area contributed by atoms with E-state index in [-0.39, 0.29) is 0 Å². The Morgan fingerprint density at radius 1 is 1.29 bits per heavy atom. The van der Waals surface area contributed by atoms with Crippen LogP contribution in [0.5, 0.6) is 0 Å². The van der Waals surface area contributed by atoms with Crippen LogP contribution in [0.25, 0.3) is 10.9 Å². The number of hydrogen-bond donors (Lipinski definition) is 2. The predicted octanol–water partition coefficient (Wildman–Crippen LogP) is 3.51. The van der Waals surface area contributed by atoms with E-state index in [2.05, 4.69) is 22.6 Å². The Kier molecular flexibility index (Phi) is 3.08.